The predicted octanol–water partition coefficient (Wildman–Crippen LogP) is 3.76. The lowest BCUT2D eigenvalue weighted by Gasteiger charge is -2.13. The minimum Gasteiger partial charge on any atom is -0.481 e. The van der Waals surface area contributed by atoms with Crippen LogP contribution in [0.5, 0.6) is 0 Å². The molecule has 0 aliphatic heterocycles. The van der Waals surface area contributed by atoms with E-state index in [1.807, 2.05) is 48.7 Å². The van der Waals surface area contributed by atoms with Gasteiger partial charge in [0, 0.05) is 11.8 Å². The van der Waals surface area contributed by atoms with Crippen LogP contribution in [0.4, 0.5) is 0 Å². The maximum Gasteiger partial charge on any atom is 0.312 e. The zero-order valence-corrected chi connectivity index (χ0v) is 13.5. The van der Waals surface area contributed by atoms with Gasteiger partial charge in [-0.25, -0.2) is 4.98 Å². The van der Waals surface area contributed by atoms with Gasteiger partial charge in [0.2, 0.25) is 0 Å². The molecule has 0 fully saturated rings. The molecular weight excluding hydrogens is 302 g/mol. The number of carboxylic acid groups (broad SMARTS) is 1. The Bertz CT molecular complexity index is 949. The van der Waals surface area contributed by atoms with E-state index >= 15 is 0 Å². The van der Waals surface area contributed by atoms with Gasteiger partial charge < -0.3 is 9.51 Å². The molecule has 0 saturated heterocycles. The van der Waals surface area contributed by atoms with E-state index in [1.165, 1.54) is 0 Å². The molecule has 24 heavy (non-hydrogen) atoms. The minimum absolute atomic E-state index is 0.473. The lowest BCUT2D eigenvalue weighted by Crippen LogP contribution is -2.14. The van der Waals surface area contributed by atoms with Gasteiger partial charge in [0.05, 0.1) is 28.9 Å². The third-order valence-electron chi connectivity index (χ3n) is 4.13. The minimum atomic E-state index is -0.865. The van der Waals surface area contributed by atoms with Crippen molar-refractivity contribution in [2.75, 3.05) is 0 Å². The topological polar surface area (TPSA) is 78.4 Å². The van der Waals surface area contributed by atoms with Crippen LogP contribution in [0.1, 0.15) is 36.1 Å². The first-order valence-corrected chi connectivity index (χ1v) is 7.77. The van der Waals surface area contributed by atoms with E-state index < -0.39 is 11.9 Å². The number of nitriles is 1. The molecule has 1 atom stereocenters. The van der Waals surface area contributed by atoms with Crippen molar-refractivity contribution in [3.05, 3.63) is 59.4 Å². The Morgan fingerprint density at radius 1 is 1.29 bits per heavy atom. The molecule has 0 bridgehead atoms. The summed E-state index contributed by atoms with van der Waals surface area (Å²) in [6, 6.07) is 13.0. The van der Waals surface area contributed by atoms with Crippen LogP contribution in [0.3, 0.4) is 0 Å². The van der Waals surface area contributed by atoms with Crippen LogP contribution < -0.4 is 0 Å². The Labute approximate surface area is 139 Å². The summed E-state index contributed by atoms with van der Waals surface area (Å²) < 4.78 is 1.87. The molecule has 1 aromatic carbocycles. The molecule has 1 N–H and O–H groups in total. The number of aliphatic carboxylic acids is 1. The maximum atomic E-state index is 11.8. The van der Waals surface area contributed by atoms with Crippen molar-refractivity contribution in [3.8, 4) is 17.3 Å². The van der Waals surface area contributed by atoms with Crippen LogP contribution in [-0.4, -0.2) is 20.5 Å². The number of benzene rings is 1. The highest BCUT2D eigenvalue weighted by Crippen LogP contribution is 2.32. The summed E-state index contributed by atoms with van der Waals surface area (Å²) in [4.78, 5) is 16.4. The second-order valence-electron chi connectivity index (χ2n) is 5.77. The number of pyridine rings is 1. The van der Waals surface area contributed by atoms with Crippen LogP contribution >= 0.6 is 0 Å². The maximum absolute atomic E-state index is 11.8. The Kier molecular flexibility index (Phi) is 4.05. The first kappa shape index (κ1) is 15.8. The fourth-order valence-electron chi connectivity index (χ4n) is 2.90. The average molecular weight is 319 g/mol. The number of fused-ring (bicyclic) bond motifs is 1. The molecule has 0 aliphatic rings. The van der Waals surface area contributed by atoms with E-state index in [1.54, 1.807) is 12.1 Å². The van der Waals surface area contributed by atoms with Crippen LogP contribution in [0.15, 0.2) is 42.6 Å². The fraction of sp³-hybridized carbons (Fsp3) is 0.211. The van der Waals surface area contributed by atoms with E-state index in [0.717, 1.165) is 16.8 Å². The molecule has 2 aromatic heterocycles. The van der Waals surface area contributed by atoms with Crippen molar-refractivity contribution in [1.82, 2.24) is 9.38 Å². The van der Waals surface area contributed by atoms with E-state index in [0.29, 0.717) is 23.4 Å². The van der Waals surface area contributed by atoms with E-state index in [2.05, 4.69) is 11.1 Å². The first-order chi connectivity index (χ1) is 11.5. The standard InChI is InChI=1S/C19H17N3O2/c1-3-15(19(23)24)18-17(14-7-5-13(10-20)6-8-14)21-16-9-4-12(2)11-22(16)18/h4-9,11,15H,3H2,1-2H3,(H,23,24). The molecule has 3 rings (SSSR count). The van der Waals surface area contributed by atoms with Crippen molar-refractivity contribution in [2.24, 2.45) is 0 Å². The molecular formula is C19H17N3O2. The van der Waals surface area contributed by atoms with Crippen LogP contribution in [-0.2, 0) is 4.79 Å². The number of hydrogen-bond donors (Lipinski definition) is 1. The van der Waals surface area contributed by atoms with E-state index in [9.17, 15) is 9.90 Å². The summed E-state index contributed by atoms with van der Waals surface area (Å²) in [6.45, 7) is 3.82. The molecule has 120 valence electrons. The Hall–Kier alpha value is -3.13. The SMILES string of the molecule is CCC(C(=O)O)c1c(-c2ccc(C#N)cc2)nc2ccc(C)cn12. The molecule has 0 saturated carbocycles. The van der Waals surface area contributed by atoms with Gasteiger partial charge >= 0.3 is 5.97 Å². The lowest BCUT2D eigenvalue weighted by molar-refractivity contribution is -0.138. The zero-order chi connectivity index (χ0) is 17.3. The number of rotatable bonds is 4. The van der Waals surface area contributed by atoms with Gasteiger partial charge in [0.1, 0.15) is 5.65 Å². The molecule has 5 nitrogen and oxygen atoms in total. The summed E-state index contributed by atoms with van der Waals surface area (Å²) in [5.41, 5.74) is 4.45. The second kappa shape index (κ2) is 6.17. The number of aryl methyl sites for hydroxylation is 1. The van der Waals surface area contributed by atoms with Crippen molar-refractivity contribution >= 4 is 11.6 Å². The quantitative estimate of drug-likeness (QED) is 0.794. The highest BCUT2D eigenvalue weighted by Gasteiger charge is 2.26. The lowest BCUT2D eigenvalue weighted by atomic mass is 9.97. The molecule has 5 heteroatoms. The number of carbonyl (C=O) groups is 1. The highest BCUT2D eigenvalue weighted by atomic mass is 16.4. The van der Waals surface area contributed by atoms with Gasteiger partial charge in [-0.1, -0.05) is 25.1 Å². The smallest absolute Gasteiger partial charge is 0.312 e. The third-order valence-corrected chi connectivity index (χ3v) is 4.13. The summed E-state index contributed by atoms with van der Waals surface area (Å²) >= 11 is 0. The number of hydrogen-bond acceptors (Lipinski definition) is 3. The summed E-state index contributed by atoms with van der Waals surface area (Å²) in [7, 11) is 0. The van der Waals surface area contributed by atoms with Crippen LogP contribution in [0, 0.1) is 18.3 Å². The molecule has 0 amide bonds. The molecule has 1 unspecified atom stereocenters. The van der Waals surface area contributed by atoms with Crippen molar-refractivity contribution in [3.63, 3.8) is 0 Å². The van der Waals surface area contributed by atoms with Crippen LogP contribution in [0.2, 0.25) is 0 Å². The van der Waals surface area contributed by atoms with Gasteiger partial charge in [-0.2, -0.15) is 5.26 Å². The number of nitrogens with zero attached hydrogens (tertiary/aromatic N) is 3. The zero-order valence-electron chi connectivity index (χ0n) is 13.5. The molecule has 0 radical (unpaired) electrons. The number of imidazole rings is 1. The Morgan fingerprint density at radius 2 is 2.00 bits per heavy atom. The van der Waals surface area contributed by atoms with E-state index in [4.69, 9.17) is 5.26 Å². The first-order valence-electron chi connectivity index (χ1n) is 7.77. The normalized spacial score (nSPS) is 12.0. The van der Waals surface area contributed by atoms with Crippen molar-refractivity contribution in [2.45, 2.75) is 26.2 Å². The van der Waals surface area contributed by atoms with Crippen molar-refractivity contribution in [1.29, 1.82) is 5.26 Å². The molecule has 3 aromatic rings. The highest BCUT2D eigenvalue weighted by molar-refractivity contribution is 5.80. The summed E-state index contributed by atoms with van der Waals surface area (Å²) in [5, 5.41) is 18.6. The van der Waals surface area contributed by atoms with Gasteiger partial charge in [-0.15, -0.1) is 0 Å². The molecule has 0 spiro atoms. The van der Waals surface area contributed by atoms with Crippen LogP contribution in [0.25, 0.3) is 16.9 Å². The summed E-state index contributed by atoms with van der Waals surface area (Å²) in [6.07, 6.45) is 2.39. The average Bonchev–Trinajstić information content (AvgIpc) is 2.94. The monoisotopic (exact) mass is 319 g/mol. The van der Waals surface area contributed by atoms with Gasteiger partial charge in [-0.3, -0.25) is 4.79 Å². The van der Waals surface area contributed by atoms with Gasteiger partial charge in [0.15, 0.2) is 0 Å². The Morgan fingerprint density at radius 3 is 2.58 bits per heavy atom. The van der Waals surface area contributed by atoms with Crippen molar-refractivity contribution < 1.29 is 9.90 Å². The van der Waals surface area contributed by atoms with E-state index in [-0.39, 0.29) is 0 Å². The van der Waals surface area contributed by atoms with Gasteiger partial charge in [0.25, 0.3) is 0 Å². The largest absolute Gasteiger partial charge is 0.481 e. The molecule has 0 aliphatic carbocycles. The Balaban J connectivity index is 2.29. The third kappa shape index (κ3) is 2.63. The fourth-order valence-corrected chi connectivity index (χ4v) is 2.90. The van der Waals surface area contributed by atoms with Gasteiger partial charge in [-0.05, 0) is 37.1 Å². The number of carboxylic acids is 1. The second-order valence-corrected chi connectivity index (χ2v) is 5.77. The number of aromatic nitrogens is 2. The molecule has 2 heterocycles. The predicted molar refractivity (Wildman–Crippen MR) is 90.7 cm³/mol. The summed E-state index contributed by atoms with van der Waals surface area (Å²) in [5.74, 6) is -1.51.